The summed E-state index contributed by atoms with van der Waals surface area (Å²) in [6.45, 7) is 4.00. The van der Waals surface area contributed by atoms with Gasteiger partial charge in [0.1, 0.15) is 0 Å². The van der Waals surface area contributed by atoms with E-state index in [0.29, 0.717) is 0 Å². The molecule has 0 radical (unpaired) electrons. The van der Waals surface area contributed by atoms with E-state index in [0.717, 1.165) is 16.1 Å². The van der Waals surface area contributed by atoms with E-state index in [2.05, 4.69) is 4.72 Å². The third-order valence-electron chi connectivity index (χ3n) is 2.46. The molecule has 2 aromatic rings. The van der Waals surface area contributed by atoms with E-state index in [-0.39, 0.29) is 0 Å². The zero-order valence-electron chi connectivity index (χ0n) is 12.6. The Hall–Kier alpha value is -2.24. The van der Waals surface area contributed by atoms with Crippen LogP contribution in [0.1, 0.15) is 19.4 Å². The molecule has 5 heteroatoms. The number of hydroxylamine groups is 1. The van der Waals surface area contributed by atoms with Gasteiger partial charge in [-0.2, -0.15) is 0 Å². The summed E-state index contributed by atoms with van der Waals surface area (Å²) in [6, 6.07) is 17.6. The molecule has 116 valence electrons. The topological polar surface area (TPSA) is 61.4 Å². The Bertz CT molecular complexity index is 601. The number of anilines is 1. The Morgan fingerprint density at radius 2 is 1.82 bits per heavy atom. The van der Waals surface area contributed by atoms with Crippen molar-refractivity contribution >= 4 is 29.6 Å². The van der Waals surface area contributed by atoms with Crippen molar-refractivity contribution in [3.63, 3.8) is 0 Å². The average molecular weight is 316 g/mol. The maximum atomic E-state index is 10.9. The van der Waals surface area contributed by atoms with Gasteiger partial charge in [-0.3, -0.25) is 10.0 Å². The molecule has 0 fully saturated rings. The summed E-state index contributed by atoms with van der Waals surface area (Å²) in [4.78, 5) is 11.9. The van der Waals surface area contributed by atoms with Crippen molar-refractivity contribution in [2.24, 2.45) is 0 Å². The van der Waals surface area contributed by atoms with Gasteiger partial charge < -0.3 is 4.72 Å². The fraction of sp³-hybridized carbons (Fsp3) is 0.118. The Kier molecular flexibility index (Phi) is 8.49. The predicted molar refractivity (Wildman–Crippen MR) is 92.7 cm³/mol. The van der Waals surface area contributed by atoms with Crippen LogP contribution < -0.4 is 10.2 Å². The lowest BCUT2D eigenvalue weighted by Crippen LogP contribution is -2.14. The van der Waals surface area contributed by atoms with Crippen LogP contribution in [0.2, 0.25) is 0 Å². The molecule has 4 nitrogen and oxygen atoms in total. The van der Waals surface area contributed by atoms with E-state index in [1.807, 2.05) is 68.4 Å². The lowest BCUT2D eigenvalue weighted by molar-refractivity contribution is -0.124. The van der Waals surface area contributed by atoms with E-state index in [1.54, 1.807) is 11.6 Å². The number of rotatable bonds is 5. The molecule has 1 amide bonds. The molecule has 0 aromatic heterocycles. The minimum absolute atomic E-state index is 0.550. The Morgan fingerprint density at radius 3 is 2.50 bits per heavy atom. The van der Waals surface area contributed by atoms with Gasteiger partial charge in [-0.1, -0.05) is 44.2 Å². The SMILES string of the molecule is CC.O=C(/C=C/c1cccc(SNc2ccccc2)c1)NO. The summed E-state index contributed by atoms with van der Waals surface area (Å²) in [5, 5.41) is 8.41. The van der Waals surface area contributed by atoms with Gasteiger partial charge in [0.2, 0.25) is 0 Å². The van der Waals surface area contributed by atoms with Gasteiger partial charge in [-0.15, -0.1) is 0 Å². The van der Waals surface area contributed by atoms with Crippen molar-refractivity contribution in [2.45, 2.75) is 18.7 Å². The van der Waals surface area contributed by atoms with Crippen LogP contribution in [-0.2, 0) is 4.79 Å². The highest BCUT2D eigenvalue weighted by atomic mass is 32.2. The molecule has 0 unspecified atom stereocenters. The van der Waals surface area contributed by atoms with Gasteiger partial charge in [-0.25, -0.2) is 5.48 Å². The lowest BCUT2D eigenvalue weighted by Gasteiger charge is -2.05. The molecule has 0 heterocycles. The molecule has 0 saturated heterocycles. The number of nitrogens with one attached hydrogen (secondary N) is 2. The van der Waals surface area contributed by atoms with E-state index in [9.17, 15) is 4.79 Å². The Balaban J connectivity index is 0.00000116. The van der Waals surface area contributed by atoms with Crippen LogP contribution in [0.25, 0.3) is 6.08 Å². The lowest BCUT2D eigenvalue weighted by atomic mass is 10.2. The zero-order chi connectivity index (χ0) is 16.2. The number of carbonyl (C=O) groups excluding carboxylic acids is 1. The minimum Gasteiger partial charge on any atom is -0.326 e. The van der Waals surface area contributed by atoms with Crippen molar-refractivity contribution < 1.29 is 10.0 Å². The molecule has 3 N–H and O–H groups in total. The maximum Gasteiger partial charge on any atom is 0.267 e. The van der Waals surface area contributed by atoms with Crippen LogP contribution in [0, 0.1) is 0 Å². The van der Waals surface area contributed by atoms with Gasteiger partial charge in [-0.05, 0) is 47.9 Å². The van der Waals surface area contributed by atoms with E-state index >= 15 is 0 Å². The second kappa shape index (κ2) is 10.5. The van der Waals surface area contributed by atoms with Crippen LogP contribution in [0.4, 0.5) is 5.69 Å². The first kappa shape index (κ1) is 17.8. The van der Waals surface area contributed by atoms with Crippen LogP contribution in [0.3, 0.4) is 0 Å². The monoisotopic (exact) mass is 316 g/mol. The summed E-state index contributed by atoms with van der Waals surface area (Å²) in [7, 11) is 0. The Morgan fingerprint density at radius 1 is 1.09 bits per heavy atom. The van der Waals surface area contributed by atoms with Gasteiger partial charge in [0.05, 0.1) is 0 Å². The summed E-state index contributed by atoms with van der Waals surface area (Å²) in [5.41, 5.74) is 3.46. The quantitative estimate of drug-likeness (QED) is 0.332. The molecular weight excluding hydrogens is 296 g/mol. The van der Waals surface area contributed by atoms with Gasteiger partial charge in [0.15, 0.2) is 0 Å². The fourth-order valence-corrected chi connectivity index (χ4v) is 2.23. The van der Waals surface area contributed by atoms with Crippen molar-refractivity contribution in [2.75, 3.05) is 4.72 Å². The molecule has 0 aliphatic heterocycles. The average Bonchev–Trinajstić information content (AvgIpc) is 2.61. The van der Waals surface area contributed by atoms with E-state index in [1.165, 1.54) is 18.0 Å². The molecule has 22 heavy (non-hydrogen) atoms. The largest absolute Gasteiger partial charge is 0.326 e. The highest BCUT2D eigenvalue weighted by Gasteiger charge is 1.97. The second-order valence-electron chi connectivity index (χ2n) is 3.95. The highest BCUT2D eigenvalue weighted by Crippen LogP contribution is 2.22. The van der Waals surface area contributed by atoms with Crippen LogP contribution in [0.5, 0.6) is 0 Å². The van der Waals surface area contributed by atoms with Gasteiger partial charge >= 0.3 is 0 Å². The van der Waals surface area contributed by atoms with Crippen LogP contribution in [-0.4, -0.2) is 11.1 Å². The van der Waals surface area contributed by atoms with E-state index in [4.69, 9.17) is 5.21 Å². The molecule has 0 aliphatic carbocycles. The third kappa shape index (κ3) is 6.47. The molecule has 0 saturated carbocycles. The highest BCUT2D eigenvalue weighted by molar-refractivity contribution is 8.00. The van der Waals surface area contributed by atoms with Crippen LogP contribution >= 0.6 is 11.9 Å². The molecule has 0 atom stereocenters. The number of para-hydroxylation sites is 1. The number of benzene rings is 2. The number of hydrogen-bond acceptors (Lipinski definition) is 4. The van der Waals surface area contributed by atoms with Crippen molar-refractivity contribution in [1.29, 1.82) is 0 Å². The summed E-state index contributed by atoms with van der Waals surface area (Å²) >= 11 is 1.49. The molecule has 0 aliphatic rings. The fourth-order valence-electron chi connectivity index (χ4n) is 1.51. The van der Waals surface area contributed by atoms with Gasteiger partial charge in [0.25, 0.3) is 5.91 Å². The minimum atomic E-state index is -0.550. The van der Waals surface area contributed by atoms with Crippen LogP contribution in [0.15, 0.2) is 65.6 Å². The van der Waals surface area contributed by atoms with Crippen molar-refractivity contribution in [3.8, 4) is 0 Å². The first-order valence-corrected chi connectivity index (χ1v) is 7.80. The Labute approximate surface area is 135 Å². The summed E-state index contributed by atoms with van der Waals surface area (Å²) in [5.74, 6) is -0.550. The van der Waals surface area contributed by atoms with Crippen molar-refractivity contribution in [1.82, 2.24) is 5.48 Å². The first-order valence-electron chi connectivity index (χ1n) is 6.98. The summed E-state index contributed by atoms with van der Waals surface area (Å²) < 4.78 is 3.24. The van der Waals surface area contributed by atoms with Crippen molar-refractivity contribution in [3.05, 3.63) is 66.2 Å². The second-order valence-corrected chi connectivity index (χ2v) is 4.83. The molecule has 0 spiro atoms. The third-order valence-corrected chi connectivity index (χ3v) is 3.28. The number of amides is 1. The molecule has 2 rings (SSSR count). The number of hydrogen-bond donors (Lipinski definition) is 3. The number of carbonyl (C=O) groups is 1. The smallest absolute Gasteiger partial charge is 0.267 e. The van der Waals surface area contributed by atoms with E-state index < -0.39 is 5.91 Å². The first-order chi connectivity index (χ1) is 10.8. The molecular formula is C17H20N2O2S. The normalized spacial score (nSPS) is 9.77. The molecule has 0 bridgehead atoms. The summed E-state index contributed by atoms with van der Waals surface area (Å²) in [6.07, 6.45) is 2.91. The molecule has 2 aromatic carbocycles. The van der Waals surface area contributed by atoms with Gasteiger partial charge in [0, 0.05) is 16.7 Å². The predicted octanol–water partition coefficient (Wildman–Crippen LogP) is 4.35. The zero-order valence-corrected chi connectivity index (χ0v) is 13.4. The standard InChI is InChI=1S/C15H14N2O2S.C2H6/c18-15(16-19)10-9-12-5-4-8-14(11-12)20-17-13-6-2-1-3-7-13;1-2/h1-11,17,19H,(H,16,18);1-2H3/b10-9+;. The maximum absolute atomic E-state index is 10.9.